The van der Waals surface area contributed by atoms with E-state index in [1.807, 2.05) is 0 Å². The van der Waals surface area contributed by atoms with E-state index < -0.39 is 17.5 Å². The fourth-order valence-electron chi connectivity index (χ4n) is 2.54. The van der Waals surface area contributed by atoms with Crippen LogP contribution in [0.5, 0.6) is 0 Å². The first-order valence-electron chi connectivity index (χ1n) is 6.97. The van der Waals surface area contributed by atoms with Crippen LogP contribution >= 0.6 is 0 Å². The number of carbonyl (C=O) groups is 2. The number of rotatable bonds is 3. The number of amides is 2. The second-order valence-electron chi connectivity index (χ2n) is 5.47. The van der Waals surface area contributed by atoms with Crippen molar-refractivity contribution in [1.29, 1.82) is 0 Å². The van der Waals surface area contributed by atoms with Gasteiger partial charge in [-0.2, -0.15) is 0 Å². The van der Waals surface area contributed by atoms with Crippen molar-refractivity contribution in [2.24, 2.45) is 0 Å². The van der Waals surface area contributed by atoms with Crippen molar-refractivity contribution in [1.82, 2.24) is 10.2 Å². The predicted molar refractivity (Wildman–Crippen MR) is 75.2 cm³/mol. The number of aliphatic carboxylic acids is 1. The molecule has 1 saturated heterocycles. The fraction of sp³-hybridized carbons (Fsp3) is 0.467. The number of carboxylic acids is 1. The molecule has 114 valence electrons. The van der Waals surface area contributed by atoms with Crippen LogP contribution in [0.25, 0.3) is 0 Å². The Bertz CT molecular complexity index is 532. The summed E-state index contributed by atoms with van der Waals surface area (Å²) < 4.78 is 12.8. The monoisotopic (exact) mass is 294 g/mol. The molecule has 2 rings (SSSR count). The summed E-state index contributed by atoms with van der Waals surface area (Å²) in [4.78, 5) is 25.1. The van der Waals surface area contributed by atoms with Gasteiger partial charge in [0.25, 0.3) is 0 Å². The number of hydrogen-bond acceptors (Lipinski definition) is 2. The Morgan fingerprint density at radius 1 is 1.33 bits per heavy atom. The molecule has 1 aliphatic rings. The zero-order valence-electron chi connectivity index (χ0n) is 11.9. The molecule has 5 nitrogen and oxygen atoms in total. The summed E-state index contributed by atoms with van der Waals surface area (Å²) >= 11 is 0. The van der Waals surface area contributed by atoms with Crippen LogP contribution < -0.4 is 5.32 Å². The Balaban J connectivity index is 2.01. The van der Waals surface area contributed by atoms with Crippen LogP contribution in [0.1, 0.15) is 31.7 Å². The number of nitrogens with one attached hydrogen (secondary N) is 1. The standard InChI is InChI=1S/C15H19FN2O3/c1-15(13(19)20)8-2-3-9-18(15)14(21)17-10-11-4-6-12(16)7-5-11/h4-7H,2-3,8-10H2,1H3,(H,17,21)(H,19,20). The van der Waals surface area contributed by atoms with Gasteiger partial charge in [0, 0.05) is 13.1 Å². The molecule has 1 aromatic rings. The van der Waals surface area contributed by atoms with Crippen molar-refractivity contribution in [3.05, 3.63) is 35.6 Å². The van der Waals surface area contributed by atoms with E-state index in [9.17, 15) is 19.1 Å². The maximum absolute atomic E-state index is 12.8. The average molecular weight is 294 g/mol. The number of urea groups is 1. The van der Waals surface area contributed by atoms with E-state index in [1.54, 1.807) is 19.1 Å². The highest BCUT2D eigenvalue weighted by Crippen LogP contribution is 2.28. The highest BCUT2D eigenvalue weighted by molar-refractivity contribution is 5.86. The Kier molecular flexibility index (Phi) is 4.45. The number of benzene rings is 1. The number of hydrogen-bond donors (Lipinski definition) is 2. The molecule has 2 N–H and O–H groups in total. The van der Waals surface area contributed by atoms with Crippen LogP contribution in [0.4, 0.5) is 9.18 Å². The first kappa shape index (κ1) is 15.3. The Hall–Kier alpha value is -2.11. The first-order chi connectivity index (χ1) is 9.93. The van der Waals surface area contributed by atoms with Crippen LogP contribution in [0.15, 0.2) is 24.3 Å². The Morgan fingerprint density at radius 3 is 2.62 bits per heavy atom. The van der Waals surface area contributed by atoms with E-state index in [2.05, 4.69) is 5.32 Å². The SMILES string of the molecule is CC1(C(=O)O)CCCCN1C(=O)NCc1ccc(F)cc1. The van der Waals surface area contributed by atoms with E-state index in [4.69, 9.17) is 0 Å². The lowest BCUT2D eigenvalue weighted by molar-refractivity contribution is -0.150. The van der Waals surface area contributed by atoms with E-state index in [-0.39, 0.29) is 12.4 Å². The molecule has 0 saturated carbocycles. The van der Waals surface area contributed by atoms with Gasteiger partial charge in [0.15, 0.2) is 0 Å². The molecule has 6 heteroatoms. The number of carbonyl (C=O) groups excluding carboxylic acids is 1. The van der Waals surface area contributed by atoms with Gasteiger partial charge in [-0.1, -0.05) is 12.1 Å². The van der Waals surface area contributed by atoms with Crippen molar-refractivity contribution in [2.45, 2.75) is 38.3 Å². The molecule has 21 heavy (non-hydrogen) atoms. The van der Waals surface area contributed by atoms with Crippen LogP contribution in [0.3, 0.4) is 0 Å². The predicted octanol–water partition coefficient (Wildman–Crippen LogP) is 2.36. The van der Waals surface area contributed by atoms with Gasteiger partial charge in [-0.25, -0.2) is 14.0 Å². The number of carboxylic acid groups (broad SMARTS) is 1. The zero-order chi connectivity index (χ0) is 15.5. The minimum atomic E-state index is -1.16. The third-order valence-electron chi connectivity index (χ3n) is 3.95. The molecule has 1 aromatic carbocycles. The minimum absolute atomic E-state index is 0.241. The van der Waals surface area contributed by atoms with E-state index in [0.717, 1.165) is 18.4 Å². The van der Waals surface area contributed by atoms with Gasteiger partial charge < -0.3 is 15.3 Å². The van der Waals surface area contributed by atoms with E-state index in [1.165, 1.54) is 17.0 Å². The van der Waals surface area contributed by atoms with Gasteiger partial charge in [-0.15, -0.1) is 0 Å². The molecule has 1 atom stereocenters. The van der Waals surface area contributed by atoms with Crippen LogP contribution in [0.2, 0.25) is 0 Å². The number of nitrogens with zero attached hydrogens (tertiary/aromatic N) is 1. The third kappa shape index (κ3) is 3.32. The summed E-state index contributed by atoms with van der Waals surface area (Å²) in [5.74, 6) is -1.32. The van der Waals surface area contributed by atoms with Crippen molar-refractivity contribution < 1.29 is 19.1 Å². The summed E-state index contributed by atoms with van der Waals surface area (Å²) in [5.41, 5.74) is -0.399. The quantitative estimate of drug-likeness (QED) is 0.899. The lowest BCUT2D eigenvalue weighted by Gasteiger charge is -2.41. The summed E-state index contributed by atoms with van der Waals surface area (Å²) in [5, 5.41) is 12.1. The summed E-state index contributed by atoms with van der Waals surface area (Å²) in [6.07, 6.45) is 2.05. The summed E-state index contributed by atoms with van der Waals surface area (Å²) in [6, 6.07) is 5.42. The van der Waals surface area contributed by atoms with Crippen molar-refractivity contribution in [3.63, 3.8) is 0 Å². The lowest BCUT2D eigenvalue weighted by atomic mass is 9.89. The highest BCUT2D eigenvalue weighted by Gasteiger charge is 2.43. The smallest absolute Gasteiger partial charge is 0.329 e. The molecule has 0 radical (unpaired) electrons. The molecule has 1 aliphatic heterocycles. The first-order valence-corrected chi connectivity index (χ1v) is 6.97. The van der Waals surface area contributed by atoms with Crippen LogP contribution in [-0.2, 0) is 11.3 Å². The molecule has 0 aliphatic carbocycles. The highest BCUT2D eigenvalue weighted by atomic mass is 19.1. The van der Waals surface area contributed by atoms with Gasteiger partial charge in [-0.05, 0) is 43.9 Å². The van der Waals surface area contributed by atoms with Crippen LogP contribution in [-0.4, -0.2) is 34.1 Å². The second-order valence-corrected chi connectivity index (χ2v) is 5.47. The van der Waals surface area contributed by atoms with Crippen molar-refractivity contribution in [3.8, 4) is 0 Å². The second kappa shape index (κ2) is 6.11. The number of piperidine rings is 1. The molecular formula is C15H19FN2O3. The molecule has 1 unspecified atom stereocenters. The Morgan fingerprint density at radius 2 is 2.00 bits per heavy atom. The van der Waals surface area contributed by atoms with Crippen LogP contribution in [0, 0.1) is 5.82 Å². The fourth-order valence-corrected chi connectivity index (χ4v) is 2.54. The van der Waals surface area contributed by atoms with E-state index in [0.29, 0.717) is 13.0 Å². The number of likely N-dealkylation sites (tertiary alicyclic amines) is 1. The van der Waals surface area contributed by atoms with Crippen molar-refractivity contribution >= 4 is 12.0 Å². The molecular weight excluding hydrogens is 275 g/mol. The topological polar surface area (TPSA) is 69.6 Å². The summed E-state index contributed by atoms with van der Waals surface area (Å²) in [7, 11) is 0. The van der Waals surface area contributed by atoms with Gasteiger partial charge in [0.2, 0.25) is 0 Å². The molecule has 1 heterocycles. The van der Waals surface area contributed by atoms with Gasteiger partial charge in [0.1, 0.15) is 11.4 Å². The maximum Gasteiger partial charge on any atom is 0.329 e. The average Bonchev–Trinajstić information content (AvgIpc) is 2.46. The van der Waals surface area contributed by atoms with Gasteiger partial charge >= 0.3 is 12.0 Å². The summed E-state index contributed by atoms with van der Waals surface area (Å²) in [6.45, 7) is 2.25. The van der Waals surface area contributed by atoms with Gasteiger partial charge in [0.05, 0.1) is 0 Å². The zero-order valence-corrected chi connectivity index (χ0v) is 11.9. The molecule has 0 bridgehead atoms. The number of halogens is 1. The molecule has 1 fully saturated rings. The molecule has 0 aromatic heterocycles. The maximum atomic E-state index is 12.8. The van der Waals surface area contributed by atoms with Crippen molar-refractivity contribution in [2.75, 3.05) is 6.54 Å². The molecule has 0 spiro atoms. The normalized spacial score (nSPS) is 21.9. The van der Waals surface area contributed by atoms with E-state index >= 15 is 0 Å². The molecule has 2 amide bonds. The third-order valence-corrected chi connectivity index (χ3v) is 3.95. The lowest BCUT2D eigenvalue weighted by Crippen LogP contribution is -2.59. The van der Waals surface area contributed by atoms with Gasteiger partial charge in [-0.3, -0.25) is 0 Å². The largest absolute Gasteiger partial charge is 0.480 e. The minimum Gasteiger partial charge on any atom is -0.480 e. The Labute approximate surface area is 122 Å².